The minimum absolute atomic E-state index is 0.177. The molecule has 0 aromatic rings. The molecule has 0 rings (SSSR count). The summed E-state index contributed by atoms with van der Waals surface area (Å²) in [5, 5.41) is 20.6. The van der Waals surface area contributed by atoms with E-state index in [0.29, 0.717) is 25.7 Å². The molecule has 1 amide bonds. The van der Waals surface area contributed by atoms with Crippen molar-refractivity contribution in [3.05, 3.63) is 0 Å². The van der Waals surface area contributed by atoms with Gasteiger partial charge in [-0.2, -0.15) is 5.26 Å². The summed E-state index contributed by atoms with van der Waals surface area (Å²) in [6.07, 6.45) is 0.302. The number of methoxy groups -OCH3 is 1. The van der Waals surface area contributed by atoms with Gasteiger partial charge < -0.3 is 15.2 Å². The molecule has 0 aliphatic heterocycles. The van der Waals surface area contributed by atoms with Crippen LogP contribution < -0.4 is 5.32 Å². The lowest BCUT2D eigenvalue weighted by Crippen LogP contribution is -2.46. The van der Waals surface area contributed by atoms with Gasteiger partial charge in [0.2, 0.25) is 5.91 Å². The summed E-state index contributed by atoms with van der Waals surface area (Å²) in [5.74, 6) is -0.972. The van der Waals surface area contributed by atoms with Gasteiger partial charge >= 0.3 is 5.97 Å². The lowest BCUT2D eigenvalue weighted by Gasteiger charge is -2.19. The fourth-order valence-electron chi connectivity index (χ4n) is 1.60. The van der Waals surface area contributed by atoms with Gasteiger partial charge in [0.05, 0.1) is 13.2 Å². The summed E-state index contributed by atoms with van der Waals surface area (Å²) in [7, 11) is 1.23. The van der Waals surface area contributed by atoms with Crippen LogP contribution in [0.25, 0.3) is 0 Å². The number of nitrogens with one attached hydrogen (secondary N) is 1. The lowest BCUT2D eigenvalue weighted by atomic mass is 10.0. The molecule has 0 bridgehead atoms. The highest BCUT2D eigenvalue weighted by atomic mass is 16.5. The molecule has 2 atom stereocenters. The highest BCUT2D eigenvalue weighted by Gasteiger charge is 2.24. The molecule has 6 heteroatoms. The molecule has 2 N–H and O–H groups in total. The van der Waals surface area contributed by atoms with Gasteiger partial charge in [-0.25, -0.2) is 4.79 Å². The van der Waals surface area contributed by atoms with Gasteiger partial charge in [0.15, 0.2) is 0 Å². The minimum atomic E-state index is -1.14. The second-order valence-corrected chi connectivity index (χ2v) is 4.78. The summed E-state index contributed by atoms with van der Waals surface area (Å²) in [5.41, 5.74) is 0. The Bertz CT molecular complexity index is 336. The maximum atomic E-state index is 11.7. The third-order valence-corrected chi connectivity index (χ3v) is 2.58. The molecule has 6 nitrogen and oxygen atoms in total. The number of unbranched alkanes of at least 4 members (excludes halogenated alkanes) is 1. The molecular formula is C13H22N2O4. The van der Waals surface area contributed by atoms with E-state index in [1.165, 1.54) is 7.11 Å². The van der Waals surface area contributed by atoms with Gasteiger partial charge in [0.1, 0.15) is 12.1 Å². The molecule has 0 saturated heterocycles. The Hall–Kier alpha value is -1.61. The van der Waals surface area contributed by atoms with Crippen LogP contribution in [0.2, 0.25) is 0 Å². The maximum Gasteiger partial charge on any atom is 0.328 e. The monoisotopic (exact) mass is 270 g/mol. The number of carbonyl (C=O) groups is 2. The van der Waals surface area contributed by atoms with Gasteiger partial charge in [0.25, 0.3) is 0 Å². The summed E-state index contributed by atoms with van der Waals surface area (Å²) in [4.78, 5) is 23.2. The molecule has 0 spiro atoms. The van der Waals surface area contributed by atoms with E-state index in [4.69, 9.17) is 5.26 Å². The number of esters is 1. The zero-order valence-corrected chi connectivity index (χ0v) is 11.7. The van der Waals surface area contributed by atoms with Gasteiger partial charge in [-0.05, 0) is 25.2 Å². The third kappa shape index (κ3) is 7.42. The predicted molar refractivity (Wildman–Crippen MR) is 68.9 cm³/mol. The first-order valence-electron chi connectivity index (χ1n) is 6.35. The normalized spacial score (nSPS) is 13.5. The number of hydrogen-bond donors (Lipinski definition) is 2. The van der Waals surface area contributed by atoms with E-state index in [2.05, 4.69) is 10.1 Å². The van der Waals surface area contributed by atoms with Crippen LogP contribution in [0.15, 0.2) is 0 Å². The van der Waals surface area contributed by atoms with Crippen molar-refractivity contribution in [1.29, 1.82) is 5.26 Å². The highest BCUT2D eigenvalue weighted by molar-refractivity contribution is 5.86. The standard InChI is InChI=1S/C13H22N2O4/c1-9(2)8-11(16)12(17)15-10(13(18)19-3)6-4-5-7-14/h9-11,16H,4-6,8H2,1-3H3,(H,15,17)/t10-,11+/m1/s1. The number of aliphatic hydroxyl groups is 1. The second-order valence-electron chi connectivity index (χ2n) is 4.78. The van der Waals surface area contributed by atoms with E-state index in [-0.39, 0.29) is 5.92 Å². The van der Waals surface area contributed by atoms with Crippen LogP contribution in [-0.4, -0.2) is 36.2 Å². The molecule has 0 aliphatic carbocycles. The number of amides is 1. The molecule has 0 fully saturated rings. The lowest BCUT2D eigenvalue weighted by molar-refractivity contribution is -0.146. The van der Waals surface area contributed by atoms with Crippen molar-refractivity contribution in [2.75, 3.05) is 7.11 Å². The van der Waals surface area contributed by atoms with Crippen molar-refractivity contribution in [1.82, 2.24) is 5.32 Å². The van der Waals surface area contributed by atoms with Crippen LogP contribution in [0.5, 0.6) is 0 Å². The number of aliphatic hydroxyl groups excluding tert-OH is 1. The Kier molecular flexibility index (Phi) is 8.55. The molecule has 0 saturated carbocycles. The Morgan fingerprint density at radius 1 is 1.42 bits per heavy atom. The van der Waals surface area contributed by atoms with E-state index < -0.39 is 24.0 Å². The Morgan fingerprint density at radius 2 is 2.05 bits per heavy atom. The van der Waals surface area contributed by atoms with E-state index in [1.54, 1.807) is 0 Å². The highest BCUT2D eigenvalue weighted by Crippen LogP contribution is 2.07. The van der Waals surface area contributed by atoms with E-state index >= 15 is 0 Å². The molecule has 0 aromatic carbocycles. The third-order valence-electron chi connectivity index (χ3n) is 2.58. The summed E-state index contributed by atoms with van der Waals surface area (Å²) >= 11 is 0. The van der Waals surface area contributed by atoms with Gasteiger partial charge in [0, 0.05) is 6.42 Å². The van der Waals surface area contributed by atoms with E-state index in [1.807, 2.05) is 19.9 Å². The molecule has 0 radical (unpaired) electrons. The minimum Gasteiger partial charge on any atom is -0.467 e. The number of nitrogens with zero attached hydrogens (tertiary/aromatic N) is 1. The summed E-state index contributed by atoms with van der Waals surface area (Å²) in [6.45, 7) is 3.78. The van der Waals surface area contributed by atoms with Crippen LogP contribution in [0.3, 0.4) is 0 Å². The fraction of sp³-hybridized carbons (Fsp3) is 0.769. The Balaban J connectivity index is 4.42. The zero-order valence-electron chi connectivity index (χ0n) is 11.7. The first kappa shape index (κ1) is 17.4. The van der Waals surface area contributed by atoms with Gasteiger partial charge in [-0.15, -0.1) is 0 Å². The van der Waals surface area contributed by atoms with Crippen LogP contribution in [0.1, 0.15) is 39.5 Å². The van der Waals surface area contributed by atoms with E-state index in [0.717, 1.165) is 0 Å². The smallest absolute Gasteiger partial charge is 0.328 e. The van der Waals surface area contributed by atoms with Crippen LogP contribution in [0.4, 0.5) is 0 Å². The topological polar surface area (TPSA) is 99.4 Å². The largest absolute Gasteiger partial charge is 0.467 e. The van der Waals surface area contributed by atoms with Crippen molar-refractivity contribution in [2.24, 2.45) is 5.92 Å². The van der Waals surface area contributed by atoms with Crippen molar-refractivity contribution >= 4 is 11.9 Å². The van der Waals surface area contributed by atoms with E-state index in [9.17, 15) is 14.7 Å². The molecule has 0 heterocycles. The fourth-order valence-corrected chi connectivity index (χ4v) is 1.60. The predicted octanol–water partition coefficient (Wildman–Crippen LogP) is 0.745. The van der Waals surface area contributed by atoms with Crippen molar-refractivity contribution < 1.29 is 19.4 Å². The molecular weight excluding hydrogens is 248 g/mol. The SMILES string of the molecule is COC(=O)[C@@H](CCCC#N)NC(=O)[C@@H](O)CC(C)C. The number of rotatable bonds is 8. The number of carbonyl (C=O) groups excluding carboxylic acids is 2. The van der Waals surface area contributed by atoms with Crippen molar-refractivity contribution in [3.63, 3.8) is 0 Å². The van der Waals surface area contributed by atoms with Crippen molar-refractivity contribution in [3.8, 4) is 6.07 Å². The number of nitriles is 1. The Morgan fingerprint density at radius 3 is 2.53 bits per heavy atom. The van der Waals surface area contributed by atoms with Crippen LogP contribution in [-0.2, 0) is 14.3 Å². The van der Waals surface area contributed by atoms with Crippen LogP contribution in [0, 0.1) is 17.2 Å². The Labute approximate surface area is 113 Å². The molecule has 0 aromatic heterocycles. The quantitative estimate of drug-likeness (QED) is 0.500. The van der Waals surface area contributed by atoms with Gasteiger partial charge in [-0.3, -0.25) is 4.79 Å². The first-order chi connectivity index (χ1) is 8.92. The second kappa shape index (κ2) is 9.34. The molecule has 0 aliphatic rings. The summed E-state index contributed by atoms with van der Waals surface area (Å²) < 4.78 is 4.59. The maximum absolute atomic E-state index is 11.7. The average Bonchev–Trinajstić information content (AvgIpc) is 2.35. The first-order valence-corrected chi connectivity index (χ1v) is 6.35. The average molecular weight is 270 g/mol. The van der Waals surface area contributed by atoms with Gasteiger partial charge in [-0.1, -0.05) is 13.8 Å². The number of hydrogen-bond acceptors (Lipinski definition) is 5. The van der Waals surface area contributed by atoms with Crippen molar-refractivity contribution in [2.45, 2.75) is 51.7 Å². The molecule has 19 heavy (non-hydrogen) atoms. The molecule has 0 unspecified atom stereocenters. The van der Waals surface area contributed by atoms with Crippen LogP contribution >= 0.6 is 0 Å². The summed E-state index contributed by atoms with van der Waals surface area (Å²) in [6, 6.07) is 1.16. The zero-order chi connectivity index (χ0) is 14.8. The number of ether oxygens (including phenoxy) is 1. The molecule has 108 valence electrons.